The zero-order valence-corrected chi connectivity index (χ0v) is 18.3. The molecule has 1 aromatic rings. The van der Waals surface area contributed by atoms with Gasteiger partial charge >= 0.3 is 5.97 Å². The number of hydrogen-bond donors (Lipinski definition) is 0. The Morgan fingerprint density at radius 1 is 1.04 bits per heavy atom. The van der Waals surface area contributed by atoms with E-state index in [-0.39, 0.29) is 18.3 Å². The quantitative estimate of drug-likeness (QED) is 0.0860. The lowest BCUT2D eigenvalue weighted by molar-refractivity contribution is -0.385. The SMILES string of the molecule is C[Si](C)(Cl)CCCCCCCCCCC(=O)OCc1ccccc1[N+](=O)[O-]. The number of nitro groups is 1. The summed E-state index contributed by atoms with van der Waals surface area (Å²) in [6.45, 7) is 4.35. The molecule has 0 unspecified atom stereocenters. The Bertz CT molecular complexity index is 590. The van der Waals surface area contributed by atoms with Crippen LogP contribution in [0.4, 0.5) is 5.69 Å². The molecule has 1 rings (SSSR count). The topological polar surface area (TPSA) is 69.4 Å². The first-order chi connectivity index (χ1) is 12.8. The van der Waals surface area contributed by atoms with Crippen molar-refractivity contribution >= 4 is 30.1 Å². The van der Waals surface area contributed by atoms with Crippen molar-refractivity contribution in [1.29, 1.82) is 0 Å². The molecule has 0 aliphatic carbocycles. The Morgan fingerprint density at radius 2 is 1.59 bits per heavy atom. The van der Waals surface area contributed by atoms with Gasteiger partial charge in [-0.05, 0) is 18.5 Å². The highest BCUT2D eigenvalue weighted by Gasteiger charge is 2.15. The van der Waals surface area contributed by atoms with E-state index in [0.717, 1.165) is 19.3 Å². The van der Waals surface area contributed by atoms with Crippen molar-refractivity contribution in [2.75, 3.05) is 0 Å². The Kier molecular flexibility index (Phi) is 11.3. The lowest BCUT2D eigenvalue weighted by atomic mass is 10.1. The standard InChI is InChI=1S/C20H32ClNO4Si/c1-27(2,21)16-12-8-6-4-3-5-7-9-15-20(23)26-17-18-13-10-11-14-19(18)22(24)25/h10-11,13-14H,3-9,12,15-17H2,1-2H3. The smallest absolute Gasteiger partial charge is 0.306 e. The molecule has 0 atom stereocenters. The van der Waals surface area contributed by atoms with Gasteiger partial charge in [-0.15, -0.1) is 0 Å². The molecule has 0 aliphatic rings. The van der Waals surface area contributed by atoms with E-state index in [9.17, 15) is 14.9 Å². The molecule has 0 spiro atoms. The molecular formula is C20H32ClNO4Si. The lowest BCUT2D eigenvalue weighted by Crippen LogP contribution is -2.14. The first-order valence-corrected chi connectivity index (χ1v) is 14.1. The first-order valence-electron chi connectivity index (χ1n) is 9.86. The molecule has 0 heterocycles. The summed E-state index contributed by atoms with van der Waals surface area (Å²) >= 11 is 6.31. The summed E-state index contributed by atoms with van der Waals surface area (Å²) in [7, 11) is -1.40. The number of nitrogens with zero attached hydrogens (tertiary/aromatic N) is 1. The Balaban J connectivity index is 2.03. The Hall–Kier alpha value is -1.40. The number of benzene rings is 1. The molecule has 0 aromatic heterocycles. The average molecular weight is 414 g/mol. The fourth-order valence-electron chi connectivity index (χ4n) is 2.92. The number of carbonyl (C=O) groups is 1. The van der Waals surface area contributed by atoms with Gasteiger partial charge in [0.15, 0.2) is 0 Å². The van der Waals surface area contributed by atoms with Crippen LogP contribution in [0.3, 0.4) is 0 Å². The molecule has 0 saturated carbocycles. The maximum atomic E-state index is 11.8. The molecule has 0 N–H and O–H groups in total. The van der Waals surface area contributed by atoms with Crippen LogP contribution in [0, 0.1) is 10.1 Å². The average Bonchev–Trinajstić information content (AvgIpc) is 2.60. The third-order valence-electron chi connectivity index (χ3n) is 4.48. The van der Waals surface area contributed by atoms with E-state index in [0.29, 0.717) is 12.0 Å². The van der Waals surface area contributed by atoms with E-state index in [4.69, 9.17) is 15.8 Å². The van der Waals surface area contributed by atoms with Crippen LogP contribution in [-0.4, -0.2) is 18.3 Å². The fraction of sp³-hybridized carbons (Fsp3) is 0.650. The van der Waals surface area contributed by atoms with Gasteiger partial charge in [-0.25, -0.2) is 0 Å². The van der Waals surface area contributed by atoms with Gasteiger partial charge in [-0.3, -0.25) is 14.9 Å². The van der Waals surface area contributed by atoms with Crippen molar-refractivity contribution in [3.63, 3.8) is 0 Å². The highest BCUT2D eigenvalue weighted by Crippen LogP contribution is 2.20. The van der Waals surface area contributed by atoms with E-state index in [2.05, 4.69) is 13.1 Å². The largest absolute Gasteiger partial charge is 0.461 e. The van der Waals surface area contributed by atoms with Gasteiger partial charge in [0.2, 0.25) is 0 Å². The number of rotatable bonds is 14. The minimum absolute atomic E-state index is 0.0118. The molecule has 27 heavy (non-hydrogen) atoms. The zero-order valence-electron chi connectivity index (χ0n) is 16.5. The van der Waals surface area contributed by atoms with Crippen LogP contribution >= 0.6 is 11.1 Å². The van der Waals surface area contributed by atoms with Crippen molar-refractivity contribution in [1.82, 2.24) is 0 Å². The molecular weight excluding hydrogens is 382 g/mol. The number of ether oxygens (including phenoxy) is 1. The molecule has 0 fully saturated rings. The van der Waals surface area contributed by atoms with Crippen molar-refractivity contribution < 1.29 is 14.5 Å². The normalized spacial score (nSPS) is 11.4. The van der Waals surface area contributed by atoms with Gasteiger partial charge in [0, 0.05) is 12.5 Å². The summed E-state index contributed by atoms with van der Waals surface area (Å²) in [5, 5.41) is 10.9. The molecule has 7 heteroatoms. The van der Waals surface area contributed by atoms with Crippen LogP contribution in [-0.2, 0) is 16.1 Å². The zero-order chi connectivity index (χ0) is 20.1. The van der Waals surface area contributed by atoms with Gasteiger partial charge in [0.1, 0.15) is 14.0 Å². The first kappa shape index (κ1) is 23.6. The number of halogens is 1. The molecule has 152 valence electrons. The molecule has 0 amide bonds. The molecule has 0 saturated heterocycles. The van der Waals surface area contributed by atoms with Crippen LogP contribution in [0.5, 0.6) is 0 Å². The highest BCUT2D eigenvalue weighted by molar-refractivity contribution is 7.19. The molecule has 0 radical (unpaired) electrons. The maximum Gasteiger partial charge on any atom is 0.306 e. The van der Waals surface area contributed by atoms with Gasteiger partial charge in [-0.1, -0.05) is 70.2 Å². The predicted octanol–water partition coefficient (Wildman–Crippen LogP) is 6.59. The van der Waals surface area contributed by atoms with E-state index in [1.54, 1.807) is 18.2 Å². The van der Waals surface area contributed by atoms with E-state index >= 15 is 0 Å². The third kappa shape index (κ3) is 11.8. The van der Waals surface area contributed by atoms with E-state index in [1.807, 2.05) is 0 Å². The lowest BCUT2D eigenvalue weighted by Gasteiger charge is -2.11. The van der Waals surface area contributed by atoms with Crippen LogP contribution in [0.15, 0.2) is 24.3 Å². The fourth-order valence-corrected chi connectivity index (χ4v) is 4.41. The van der Waals surface area contributed by atoms with Gasteiger partial charge in [0.05, 0.1) is 10.5 Å². The van der Waals surface area contributed by atoms with Crippen molar-refractivity contribution in [2.24, 2.45) is 0 Å². The number of nitro benzene ring substituents is 1. The Labute approximate surface area is 168 Å². The summed E-state index contributed by atoms with van der Waals surface area (Å²) in [5.41, 5.74) is 0.415. The number of para-hydroxylation sites is 1. The number of hydrogen-bond acceptors (Lipinski definition) is 4. The van der Waals surface area contributed by atoms with Gasteiger partial charge in [0.25, 0.3) is 5.69 Å². The van der Waals surface area contributed by atoms with Crippen LogP contribution in [0.1, 0.15) is 63.4 Å². The molecule has 0 bridgehead atoms. The molecule has 0 aliphatic heterocycles. The summed E-state index contributed by atoms with van der Waals surface area (Å²) < 4.78 is 5.17. The third-order valence-corrected chi connectivity index (χ3v) is 6.59. The number of unbranched alkanes of at least 4 members (excludes halogenated alkanes) is 7. The van der Waals surface area contributed by atoms with E-state index < -0.39 is 12.3 Å². The maximum absolute atomic E-state index is 11.8. The van der Waals surface area contributed by atoms with Crippen LogP contribution in [0.2, 0.25) is 19.1 Å². The van der Waals surface area contributed by atoms with Crippen LogP contribution in [0.25, 0.3) is 0 Å². The van der Waals surface area contributed by atoms with E-state index in [1.165, 1.54) is 44.2 Å². The number of carbonyl (C=O) groups excluding carboxylic acids is 1. The highest BCUT2D eigenvalue weighted by atomic mass is 35.6. The second-order valence-corrected chi connectivity index (χ2v) is 14.6. The van der Waals surface area contributed by atoms with Crippen molar-refractivity contribution in [3.05, 3.63) is 39.9 Å². The minimum atomic E-state index is -1.40. The van der Waals surface area contributed by atoms with Crippen LogP contribution < -0.4 is 0 Å². The second kappa shape index (κ2) is 12.9. The minimum Gasteiger partial charge on any atom is -0.461 e. The number of esters is 1. The summed E-state index contributed by atoms with van der Waals surface area (Å²) in [6.07, 6.45) is 9.54. The van der Waals surface area contributed by atoms with Gasteiger partial charge < -0.3 is 4.74 Å². The summed E-state index contributed by atoms with van der Waals surface area (Å²) in [5.74, 6) is -0.291. The Morgan fingerprint density at radius 3 is 2.19 bits per heavy atom. The molecule has 1 aromatic carbocycles. The summed E-state index contributed by atoms with van der Waals surface area (Å²) in [6, 6.07) is 7.53. The predicted molar refractivity (Wildman–Crippen MR) is 113 cm³/mol. The van der Waals surface area contributed by atoms with Gasteiger partial charge in [-0.2, -0.15) is 11.1 Å². The molecule has 5 nitrogen and oxygen atoms in total. The summed E-state index contributed by atoms with van der Waals surface area (Å²) in [4.78, 5) is 22.3. The monoisotopic (exact) mass is 413 g/mol. The second-order valence-electron chi connectivity index (χ2n) is 7.59. The van der Waals surface area contributed by atoms with Crippen molar-refractivity contribution in [3.8, 4) is 0 Å². The van der Waals surface area contributed by atoms with Crippen molar-refractivity contribution in [2.45, 2.75) is 83.5 Å².